The van der Waals surface area contributed by atoms with Crippen LogP contribution in [0.2, 0.25) is 0 Å². The Hall–Kier alpha value is -3.85. The average Bonchev–Trinajstić information content (AvgIpc) is 3.53. The number of hydrogen-bond donors (Lipinski definition) is 1. The zero-order valence-electron chi connectivity index (χ0n) is 18.9. The van der Waals surface area contributed by atoms with Crippen LogP contribution in [0.3, 0.4) is 0 Å². The van der Waals surface area contributed by atoms with Crippen molar-refractivity contribution in [3.63, 3.8) is 0 Å². The summed E-state index contributed by atoms with van der Waals surface area (Å²) >= 11 is 1.47. The van der Waals surface area contributed by atoms with Gasteiger partial charge in [-0.05, 0) is 30.9 Å². The van der Waals surface area contributed by atoms with Crippen LogP contribution in [0, 0.1) is 11.8 Å². The van der Waals surface area contributed by atoms with Crippen LogP contribution in [0.5, 0.6) is 0 Å². The first kappa shape index (κ1) is 21.7. The lowest BCUT2D eigenvalue weighted by molar-refractivity contribution is -0.122. The van der Waals surface area contributed by atoms with Gasteiger partial charge in [0.15, 0.2) is 0 Å². The van der Waals surface area contributed by atoms with Gasteiger partial charge >= 0.3 is 0 Å². The second-order valence-corrected chi connectivity index (χ2v) is 9.86. The van der Waals surface area contributed by atoms with E-state index in [9.17, 15) is 14.4 Å². The lowest BCUT2D eigenvalue weighted by atomic mass is 9.78. The van der Waals surface area contributed by atoms with Crippen molar-refractivity contribution in [1.82, 2.24) is 19.5 Å². The number of nitrogens with zero attached hydrogens (tertiary/aromatic N) is 4. The second-order valence-electron chi connectivity index (χ2n) is 9.02. The van der Waals surface area contributed by atoms with Crippen LogP contribution < -0.4 is 5.32 Å². The molecule has 1 saturated carbocycles. The topological polar surface area (TPSA) is 96.7 Å². The summed E-state index contributed by atoms with van der Waals surface area (Å²) < 4.78 is 1.74. The minimum atomic E-state index is -0.316. The zero-order valence-corrected chi connectivity index (χ0v) is 19.7. The first-order chi connectivity index (χ1) is 17.1. The molecule has 0 bridgehead atoms. The van der Waals surface area contributed by atoms with E-state index in [0.29, 0.717) is 22.5 Å². The van der Waals surface area contributed by atoms with Crippen molar-refractivity contribution in [2.24, 2.45) is 11.8 Å². The summed E-state index contributed by atoms with van der Waals surface area (Å²) in [5, 5.41) is 9.42. The maximum atomic E-state index is 13.3. The maximum absolute atomic E-state index is 13.3. The summed E-state index contributed by atoms with van der Waals surface area (Å²) in [5.41, 5.74) is 2.81. The fraction of sp³-hybridized carbons (Fsp3) is 0.269. The molecule has 2 aliphatic rings. The van der Waals surface area contributed by atoms with Gasteiger partial charge in [0.05, 0.1) is 16.8 Å². The molecule has 9 heteroatoms. The third-order valence-electron chi connectivity index (χ3n) is 6.93. The highest BCUT2D eigenvalue weighted by Crippen LogP contribution is 2.34. The van der Waals surface area contributed by atoms with Crippen molar-refractivity contribution >= 4 is 40.0 Å². The lowest BCUT2D eigenvalue weighted by Crippen LogP contribution is -2.41. The van der Waals surface area contributed by atoms with Gasteiger partial charge in [0.25, 0.3) is 11.8 Å². The molecule has 35 heavy (non-hydrogen) atoms. The summed E-state index contributed by atoms with van der Waals surface area (Å²) in [7, 11) is 0. The van der Waals surface area contributed by atoms with Gasteiger partial charge in [-0.2, -0.15) is 4.98 Å². The molecule has 3 amide bonds. The van der Waals surface area contributed by atoms with E-state index < -0.39 is 0 Å². The Morgan fingerprint density at radius 1 is 0.971 bits per heavy atom. The van der Waals surface area contributed by atoms with Crippen LogP contribution in [-0.2, 0) is 4.79 Å². The molecule has 1 fully saturated rings. The van der Waals surface area contributed by atoms with Gasteiger partial charge in [-0.3, -0.25) is 24.6 Å². The Balaban J connectivity index is 1.20. The van der Waals surface area contributed by atoms with E-state index in [4.69, 9.17) is 0 Å². The number of imide groups is 1. The van der Waals surface area contributed by atoms with Gasteiger partial charge in [0.1, 0.15) is 0 Å². The summed E-state index contributed by atoms with van der Waals surface area (Å²) in [5.74, 6) is -0.868. The smallest absolute Gasteiger partial charge is 0.261 e. The predicted octanol–water partition coefficient (Wildman–Crippen LogP) is 4.50. The van der Waals surface area contributed by atoms with Gasteiger partial charge in [0, 0.05) is 23.4 Å². The summed E-state index contributed by atoms with van der Waals surface area (Å²) in [6.07, 6.45) is 3.39. The van der Waals surface area contributed by atoms with E-state index in [2.05, 4.69) is 15.4 Å². The molecule has 176 valence electrons. The highest BCUT2D eigenvalue weighted by Gasteiger charge is 2.40. The number of rotatable bonds is 5. The fourth-order valence-electron chi connectivity index (χ4n) is 5.16. The summed E-state index contributed by atoms with van der Waals surface area (Å²) in [6.45, 7) is 0.244. The van der Waals surface area contributed by atoms with Gasteiger partial charge in [-0.1, -0.05) is 55.3 Å². The van der Waals surface area contributed by atoms with E-state index >= 15 is 0 Å². The van der Waals surface area contributed by atoms with E-state index in [1.807, 2.05) is 35.7 Å². The molecule has 0 saturated heterocycles. The quantitative estimate of drug-likeness (QED) is 0.420. The van der Waals surface area contributed by atoms with Crippen molar-refractivity contribution in [2.75, 3.05) is 11.9 Å². The third-order valence-corrected chi connectivity index (χ3v) is 7.74. The molecule has 1 aliphatic carbocycles. The van der Waals surface area contributed by atoms with Crippen LogP contribution in [0.15, 0.2) is 60.0 Å². The highest BCUT2D eigenvalue weighted by molar-refractivity contribution is 7.15. The number of thiazole rings is 1. The number of anilines is 1. The molecule has 3 heterocycles. The number of aromatic nitrogens is 3. The summed E-state index contributed by atoms with van der Waals surface area (Å²) in [6, 6.07) is 16.8. The molecular weight excluding hydrogens is 462 g/mol. The Labute approximate surface area is 205 Å². The van der Waals surface area contributed by atoms with Crippen LogP contribution in [-0.4, -0.2) is 43.8 Å². The van der Waals surface area contributed by atoms with Crippen molar-refractivity contribution in [2.45, 2.75) is 25.7 Å². The third kappa shape index (κ3) is 3.81. The first-order valence-electron chi connectivity index (χ1n) is 11.8. The molecule has 1 aliphatic heterocycles. The number of carbonyl (C=O) groups is 3. The normalized spacial score (nSPS) is 19.8. The van der Waals surface area contributed by atoms with Gasteiger partial charge in [0.2, 0.25) is 16.8 Å². The van der Waals surface area contributed by atoms with Crippen molar-refractivity contribution in [3.05, 3.63) is 71.1 Å². The number of fused-ring (bicyclic) bond motifs is 2. The van der Waals surface area contributed by atoms with Gasteiger partial charge in [-0.25, -0.2) is 4.52 Å². The number of nitrogens with one attached hydrogen (secondary N) is 1. The molecule has 0 radical (unpaired) electrons. The maximum Gasteiger partial charge on any atom is 0.261 e. The molecule has 2 atom stereocenters. The first-order valence-corrected chi connectivity index (χ1v) is 12.6. The van der Waals surface area contributed by atoms with Crippen molar-refractivity contribution in [1.29, 1.82) is 0 Å². The molecule has 1 N–H and O–H groups in total. The average molecular weight is 486 g/mol. The summed E-state index contributed by atoms with van der Waals surface area (Å²) in [4.78, 5) is 45.5. The molecule has 0 spiro atoms. The molecule has 2 unspecified atom stereocenters. The lowest BCUT2D eigenvalue weighted by Gasteiger charge is -2.32. The Morgan fingerprint density at radius 2 is 1.66 bits per heavy atom. The number of benzene rings is 2. The van der Waals surface area contributed by atoms with Crippen molar-refractivity contribution in [3.8, 4) is 11.3 Å². The van der Waals surface area contributed by atoms with Crippen LogP contribution in [0.4, 0.5) is 5.95 Å². The minimum absolute atomic E-state index is 0.102. The van der Waals surface area contributed by atoms with Gasteiger partial charge in [-0.15, -0.1) is 16.4 Å². The second kappa shape index (κ2) is 8.74. The van der Waals surface area contributed by atoms with Crippen molar-refractivity contribution < 1.29 is 14.4 Å². The minimum Gasteiger partial charge on any atom is -0.293 e. The molecule has 2 aromatic carbocycles. The molecule has 2 aromatic heterocycles. The number of amides is 3. The monoisotopic (exact) mass is 485 g/mol. The number of carbonyl (C=O) groups excluding carboxylic acids is 3. The van der Waals surface area contributed by atoms with Crippen LogP contribution in [0.25, 0.3) is 16.2 Å². The van der Waals surface area contributed by atoms with E-state index in [0.717, 1.165) is 30.5 Å². The van der Waals surface area contributed by atoms with E-state index in [1.54, 1.807) is 28.8 Å². The van der Waals surface area contributed by atoms with Crippen LogP contribution in [0.1, 0.15) is 46.4 Å². The van der Waals surface area contributed by atoms with Gasteiger partial charge < -0.3 is 0 Å². The fourth-order valence-corrected chi connectivity index (χ4v) is 5.99. The van der Waals surface area contributed by atoms with E-state index in [-0.39, 0.29) is 42.1 Å². The molecule has 6 rings (SSSR count). The Kier molecular flexibility index (Phi) is 5.41. The predicted molar refractivity (Wildman–Crippen MR) is 132 cm³/mol. The standard InChI is InChI=1S/C26H23N5O3S/c32-22(27-25-28-26-31(29-25)21(15-35-26)16-8-2-1-3-9-16)18-11-5-4-10-17(18)14-30-23(33)19-12-6-7-13-20(19)24(30)34/h1-3,6-9,12-13,15,17-18H,4-5,10-11,14H2,(H,27,29,32). The Bertz CT molecular complexity index is 1410. The molecular formula is C26H23N5O3S. The number of hydrogen-bond acceptors (Lipinski definition) is 6. The molecule has 4 aromatic rings. The van der Waals surface area contributed by atoms with E-state index in [1.165, 1.54) is 16.2 Å². The Morgan fingerprint density at radius 3 is 2.40 bits per heavy atom. The van der Waals surface area contributed by atoms with Crippen LogP contribution >= 0.6 is 11.3 Å². The molecule has 8 nitrogen and oxygen atoms in total. The largest absolute Gasteiger partial charge is 0.293 e. The highest BCUT2D eigenvalue weighted by atomic mass is 32.1. The zero-order chi connectivity index (χ0) is 23.9. The SMILES string of the molecule is O=C(Nc1nc2scc(-c3ccccc3)n2n1)C1CCCCC1CN1C(=O)c2ccccc2C1=O.